The Balaban J connectivity index is 3.16. The lowest BCUT2D eigenvalue weighted by molar-refractivity contribution is 0.0945. The molecule has 0 saturated heterocycles. The van der Waals surface area contributed by atoms with Crippen LogP contribution in [0, 0.1) is 0 Å². The second-order valence-corrected chi connectivity index (χ2v) is 4.84. The predicted octanol–water partition coefficient (Wildman–Crippen LogP) is -0.288. The van der Waals surface area contributed by atoms with Gasteiger partial charge in [-0.3, -0.25) is 14.3 Å². The largest absolute Gasteiger partial charge is 0.389 e. The SMILES string of the molecule is CCCn1c(N)c(NCC(C)(C)O)c(=O)[nH]c1=O. The van der Waals surface area contributed by atoms with Crippen molar-refractivity contribution in [2.24, 2.45) is 0 Å². The monoisotopic (exact) mass is 256 g/mol. The molecule has 7 heteroatoms. The summed E-state index contributed by atoms with van der Waals surface area (Å²) in [7, 11) is 0. The van der Waals surface area contributed by atoms with Crippen LogP contribution in [0.1, 0.15) is 27.2 Å². The zero-order valence-electron chi connectivity index (χ0n) is 10.9. The lowest BCUT2D eigenvalue weighted by Gasteiger charge is -2.19. The summed E-state index contributed by atoms with van der Waals surface area (Å²) in [6, 6.07) is 0. The Morgan fingerprint density at radius 2 is 2.06 bits per heavy atom. The molecule has 0 bridgehead atoms. The van der Waals surface area contributed by atoms with Crippen LogP contribution < -0.4 is 22.3 Å². The average Bonchev–Trinajstić information content (AvgIpc) is 2.22. The Morgan fingerprint density at radius 3 is 2.56 bits per heavy atom. The summed E-state index contributed by atoms with van der Waals surface area (Å²) >= 11 is 0. The molecule has 0 aliphatic heterocycles. The molecule has 0 atom stereocenters. The van der Waals surface area contributed by atoms with Crippen molar-refractivity contribution in [3.8, 4) is 0 Å². The fourth-order valence-electron chi connectivity index (χ4n) is 1.51. The van der Waals surface area contributed by atoms with Gasteiger partial charge in [0.25, 0.3) is 5.56 Å². The highest BCUT2D eigenvalue weighted by Crippen LogP contribution is 2.12. The van der Waals surface area contributed by atoms with Crippen LogP contribution in [0.25, 0.3) is 0 Å². The van der Waals surface area contributed by atoms with Gasteiger partial charge in [0, 0.05) is 13.1 Å². The molecule has 0 radical (unpaired) electrons. The van der Waals surface area contributed by atoms with Gasteiger partial charge in [0.1, 0.15) is 11.5 Å². The van der Waals surface area contributed by atoms with E-state index in [4.69, 9.17) is 5.73 Å². The van der Waals surface area contributed by atoms with Gasteiger partial charge in [0.15, 0.2) is 0 Å². The maximum Gasteiger partial charge on any atom is 0.330 e. The summed E-state index contributed by atoms with van der Waals surface area (Å²) in [6.07, 6.45) is 0.723. The molecule has 0 aliphatic rings. The van der Waals surface area contributed by atoms with Crippen LogP contribution in [-0.4, -0.2) is 26.8 Å². The van der Waals surface area contributed by atoms with E-state index in [0.29, 0.717) is 6.54 Å². The van der Waals surface area contributed by atoms with E-state index in [9.17, 15) is 14.7 Å². The number of nitrogens with one attached hydrogen (secondary N) is 2. The van der Waals surface area contributed by atoms with Crippen molar-refractivity contribution in [1.82, 2.24) is 9.55 Å². The molecule has 1 aromatic heterocycles. The highest BCUT2D eigenvalue weighted by Gasteiger charge is 2.16. The number of hydrogen-bond acceptors (Lipinski definition) is 5. The Hall–Kier alpha value is -1.76. The van der Waals surface area contributed by atoms with Crippen LogP contribution in [0.15, 0.2) is 9.59 Å². The number of nitrogen functional groups attached to an aromatic ring is 1. The van der Waals surface area contributed by atoms with E-state index in [-0.39, 0.29) is 18.1 Å². The fourth-order valence-corrected chi connectivity index (χ4v) is 1.51. The molecule has 0 aliphatic carbocycles. The summed E-state index contributed by atoms with van der Waals surface area (Å²) in [6.45, 7) is 5.70. The molecule has 1 aromatic rings. The standard InChI is InChI=1S/C11H20N4O3/c1-4-5-15-8(12)7(9(16)14-10(15)17)13-6-11(2,3)18/h13,18H,4-6,12H2,1-3H3,(H,14,16,17). The highest BCUT2D eigenvalue weighted by atomic mass is 16.3. The first-order chi connectivity index (χ1) is 8.26. The summed E-state index contributed by atoms with van der Waals surface area (Å²) in [5.41, 5.74) is 3.84. The van der Waals surface area contributed by atoms with Gasteiger partial charge in [0.05, 0.1) is 5.60 Å². The van der Waals surface area contributed by atoms with E-state index >= 15 is 0 Å². The van der Waals surface area contributed by atoms with E-state index in [1.54, 1.807) is 13.8 Å². The van der Waals surface area contributed by atoms with Gasteiger partial charge >= 0.3 is 5.69 Å². The van der Waals surface area contributed by atoms with Crippen LogP contribution >= 0.6 is 0 Å². The minimum absolute atomic E-state index is 0.0925. The minimum atomic E-state index is -0.982. The van der Waals surface area contributed by atoms with Crippen molar-refractivity contribution in [3.05, 3.63) is 20.8 Å². The van der Waals surface area contributed by atoms with Crippen molar-refractivity contribution in [2.75, 3.05) is 17.6 Å². The molecule has 0 amide bonds. The lowest BCUT2D eigenvalue weighted by Crippen LogP contribution is -2.37. The van der Waals surface area contributed by atoms with Gasteiger partial charge < -0.3 is 16.2 Å². The Labute approximate surface area is 105 Å². The molecule has 18 heavy (non-hydrogen) atoms. The zero-order valence-corrected chi connectivity index (χ0v) is 10.9. The lowest BCUT2D eigenvalue weighted by atomic mass is 10.1. The molecule has 0 saturated carbocycles. The third-order valence-corrected chi connectivity index (χ3v) is 2.38. The smallest absolute Gasteiger partial charge is 0.330 e. The molecule has 5 N–H and O–H groups in total. The van der Waals surface area contributed by atoms with E-state index in [0.717, 1.165) is 6.42 Å². The quantitative estimate of drug-likeness (QED) is 0.578. The van der Waals surface area contributed by atoms with Crippen molar-refractivity contribution in [2.45, 2.75) is 39.3 Å². The molecule has 1 heterocycles. The fraction of sp³-hybridized carbons (Fsp3) is 0.636. The molecule has 0 fully saturated rings. The third kappa shape index (κ3) is 3.36. The molecular weight excluding hydrogens is 236 g/mol. The van der Waals surface area contributed by atoms with Gasteiger partial charge in [-0.15, -0.1) is 0 Å². The molecule has 0 aromatic carbocycles. The van der Waals surface area contributed by atoms with Gasteiger partial charge in [-0.2, -0.15) is 0 Å². The Morgan fingerprint density at radius 1 is 1.44 bits per heavy atom. The molecular formula is C11H20N4O3. The van der Waals surface area contributed by atoms with Crippen molar-refractivity contribution < 1.29 is 5.11 Å². The third-order valence-electron chi connectivity index (χ3n) is 2.38. The van der Waals surface area contributed by atoms with E-state index < -0.39 is 16.9 Å². The summed E-state index contributed by atoms with van der Waals surface area (Å²) in [5, 5.41) is 12.4. The molecule has 0 unspecified atom stereocenters. The second-order valence-electron chi connectivity index (χ2n) is 4.84. The van der Waals surface area contributed by atoms with Crippen LogP contribution in [0.3, 0.4) is 0 Å². The van der Waals surface area contributed by atoms with Gasteiger partial charge in [-0.25, -0.2) is 4.79 Å². The number of aliphatic hydroxyl groups is 1. The summed E-state index contributed by atoms with van der Waals surface area (Å²) in [4.78, 5) is 25.4. The van der Waals surface area contributed by atoms with E-state index in [1.165, 1.54) is 4.57 Å². The van der Waals surface area contributed by atoms with Crippen LogP contribution in [0.4, 0.5) is 11.5 Å². The first kappa shape index (κ1) is 14.3. The maximum atomic E-state index is 11.6. The summed E-state index contributed by atoms with van der Waals surface area (Å²) in [5.74, 6) is 0.0925. The minimum Gasteiger partial charge on any atom is -0.389 e. The number of aromatic amines is 1. The number of H-pyrrole nitrogens is 1. The van der Waals surface area contributed by atoms with Crippen molar-refractivity contribution in [3.63, 3.8) is 0 Å². The van der Waals surface area contributed by atoms with Crippen LogP contribution in [0.5, 0.6) is 0 Å². The van der Waals surface area contributed by atoms with E-state index in [1.807, 2.05) is 6.92 Å². The Kier molecular flexibility index (Phi) is 4.18. The summed E-state index contributed by atoms with van der Waals surface area (Å²) < 4.78 is 1.30. The highest BCUT2D eigenvalue weighted by molar-refractivity contribution is 5.60. The topological polar surface area (TPSA) is 113 Å². The van der Waals surface area contributed by atoms with Crippen molar-refractivity contribution in [1.29, 1.82) is 0 Å². The maximum absolute atomic E-state index is 11.6. The molecule has 1 rings (SSSR count). The normalized spacial score (nSPS) is 11.6. The van der Waals surface area contributed by atoms with E-state index in [2.05, 4.69) is 10.3 Å². The van der Waals surface area contributed by atoms with Crippen molar-refractivity contribution >= 4 is 11.5 Å². The van der Waals surface area contributed by atoms with Crippen LogP contribution in [0.2, 0.25) is 0 Å². The number of hydrogen-bond donors (Lipinski definition) is 4. The number of rotatable bonds is 5. The number of anilines is 2. The number of nitrogens with zero attached hydrogens (tertiary/aromatic N) is 1. The van der Waals surface area contributed by atoms with Gasteiger partial charge in [0.2, 0.25) is 0 Å². The van der Waals surface area contributed by atoms with Gasteiger partial charge in [-0.05, 0) is 20.3 Å². The first-order valence-corrected chi connectivity index (χ1v) is 5.85. The molecule has 0 spiro atoms. The van der Waals surface area contributed by atoms with Crippen LogP contribution in [-0.2, 0) is 6.54 Å². The predicted molar refractivity (Wildman–Crippen MR) is 70.8 cm³/mol. The Bertz CT molecular complexity index is 525. The zero-order chi connectivity index (χ0) is 13.9. The van der Waals surface area contributed by atoms with Gasteiger partial charge in [-0.1, -0.05) is 6.92 Å². The first-order valence-electron chi connectivity index (χ1n) is 5.85. The molecule has 102 valence electrons. The number of aromatic nitrogens is 2. The number of nitrogens with two attached hydrogens (primary N) is 1. The second kappa shape index (κ2) is 5.26. The average molecular weight is 256 g/mol. The molecule has 7 nitrogen and oxygen atoms in total.